The largest absolute Gasteiger partial charge is 0.389 e. The Balaban J connectivity index is 2.76. The first-order valence-corrected chi connectivity index (χ1v) is 7.21. The normalized spacial score (nSPS) is 21.6. The van der Waals surface area contributed by atoms with Crippen LogP contribution in [0, 0.1) is 0 Å². The third-order valence-corrected chi connectivity index (χ3v) is 5.73. The molecule has 1 N–H and O–H groups in total. The van der Waals surface area contributed by atoms with Crippen LogP contribution < -0.4 is 0 Å². The van der Waals surface area contributed by atoms with Gasteiger partial charge in [-0.25, -0.2) is 12.7 Å². The van der Waals surface area contributed by atoms with E-state index in [-0.39, 0.29) is 6.54 Å². The van der Waals surface area contributed by atoms with Crippen molar-refractivity contribution in [2.24, 2.45) is 0 Å². The number of likely N-dealkylation sites (N-methyl/N-ethyl adjacent to an activating group) is 1. The van der Waals surface area contributed by atoms with Gasteiger partial charge in [0.05, 0.1) is 10.3 Å². The molecule has 0 aromatic carbocycles. The first-order valence-electron chi connectivity index (χ1n) is 5.77. The zero-order valence-electron chi connectivity index (χ0n) is 10.7. The lowest BCUT2D eigenvalue weighted by molar-refractivity contribution is 0.0330. The number of hydrogen-bond donors (Lipinski definition) is 1. The van der Waals surface area contributed by atoms with E-state index in [0.717, 1.165) is 12.8 Å². The lowest BCUT2D eigenvalue weighted by Crippen LogP contribution is -2.47. The molecule has 0 aromatic rings. The maximum Gasteiger partial charge on any atom is 0.218 e. The van der Waals surface area contributed by atoms with E-state index in [4.69, 9.17) is 0 Å². The zero-order chi connectivity index (χ0) is 12.6. The quantitative estimate of drug-likeness (QED) is 0.821. The van der Waals surface area contributed by atoms with E-state index in [2.05, 4.69) is 0 Å². The first kappa shape index (κ1) is 13.9. The van der Waals surface area contributed by atoms with Crippen LogP contribution in [0.4, 0.5) is 0 Å². The van der Waals surface area contributed by atoms with Crippen LogP contribution >= 0.6 is 0 Å². The third-order valence-electron chi connectivity index (χ3n) is 3.24. The lowest BCUT2D eigenvalue weighted by atomic mass is 10.0. The fourth-order valence-corrected chi connectivity index (χ4v) is 3.50. The van der Waals surface area contributed by atoms with Crippen molar-refractivity contribution >= 4 is 10.0 Å². The molecule has 0 saturated heterocycles. The van der Waals surface area contributed by atoms with Crippen LogP contribution in [-0.2, 0) is 10.0 Å². The number of sulfonamides is 1. The molecule has 16 heavy (non-hydrogen) atoms. The van der Waals surface area contributed by atoms with Crippen LogP contribution in [0.5, 0.6) is 0 Å². The van der Waals surface area contributed by atoms with Gasteiger partial charge >= 0.3 is 0 Å². The summed E-state index contributed by atoms with van der Waals surface area (Å²) in [6.07, 6.45) is 3.38. The first-order chi connectivity index (χ1) is 7.08. The van der Waals surface area contributed by atoms with Gasteiger partial charge in [0.25, 0.3) is 0 Å². The van der Waals surface area contributed by atoms with Gasteiger partial charge in [0.1, 0.15) is 0 Å². The molecule has 1 aliphatic carbocycles. The van der Waals surface area contributed by atoms with E-state index in [1.165, 1.54) is 4.31 Å². The molecule has 0 bridgehead atoms. The summed E-state index contributed by atoms with van der Waals surface area (Å²) in [5, 5.41) is 10.2. The smallest absolute Gasteiger partial charge is 0.218 e. The second kappa shape index (κ2) is 4.27. The number of rotatable bonds is 3. The second-order valence-electron chi connectivity index (χ2n) is 5.80. The minimum absolute atomic E-state index is 0.215. The Kier molecular flexibility index (Phi) is 3.72. The number of aliphatic hydroxyl groups is 1. The summed E-state index contributed by atoms with van der Waals surface area (Å²) in [6, 6.07) is 0. The summed E-state index contributed by atoms with van der Waals surface area (Å²) in [4.78, 5) is 0. The second-order valence-corrected chi connectivity index (χ2v) is 8.60. The van der Waals surface area contributed by atoms with Crippen molar-refractivity contribution in [1.29, 1.82) is 0 Å². The van der Waals surface area contributed by atoms with Gasteiger partial charge in [0.15, 0.2) is 0 Å². The monoisotopic (exact) mass is 249 g/mol. The maximum atomic E-state index is 12.1. The summed E-state index contributed by atoms with van der Waals surface area (Å²) in [7, 11) is -1.78. The van der Waals surface area contributed by atoms with Crippen molar-refractivity contribution in [2.45, 2.75) is 56.8 Å². The van der Waals surface area contributed by atoms with Gasteiger partial charge in [-0.1, -0.05) is 12.8 Å². The van der Waals surface area contributed by atoms with Gasteiger partial charge in [0.2, 0.25) is 10.0 Å². The Labute approximate surface area is 98.7 Å². The Hall–Kier alpha value is -0.130. The van der Waals surface area contributed by atoms with Crippen LogP contribution in [0.1, 0.15) is 46.5 Å². The molecule has 1 saturated carbocycles. The molecule has 0 atom stereocenters. The van der Waals surface area contributed by atoms with Crippen LogP contribution in [0.25, 0.3) is 0 Å². The fraction of sp³-hybridized carbons (Fsp3) is 1.00. The molecular weight excluding hydrogens is 226 g/mol. The van der Waals surface area contributed by atoms with E-state index in [1.807, 2.05) is 0 Å². The Morgan fingerprint density at radius 2 is 1.69 bits per heavy atom. The number of nitrogens with zero attached hydrogens (tertiary/aromatic N) is 1. The molecular formula is C11H23NO3S. The highest BCUT2D eigenvalue weighted by Crippen LogP contribution is 2.31. The third kappa shape index (κ3) is 2.76. The Bertz CT molecular complexity index is 337. The van der Waals surface area contributed by atoms with Crippen LogP contribution in [0.2, 0.25) is 0 Å². The summed E-state index contributed by atoms with van der Waals surface area (Å²) in [6.45, 7) is 5.25. The molecule has 96 valence electrons. The van der Waals surface area contributed by atoms with Crippen molar-refractivity contribution in [1.82, 2.24) is 4.31 Å². The minimum atomic E-state index is -3.33. The molecule has 1 rings (SSSR count). The van der Waals surface area contributed by atoms with Crippen molar-refractivity contribution in [2.75, 3.05) is 13.6 Å². The summed E-state index contributed by atoms with van der Waals surface area (Å²) >= 11 is 0. The Morgan fingerprint density at radius 3 is 2.06 bits per heavy atom. The average molecular weight is 249 g/mol. The predicted octanol–water partition coefficient (Wildman–Crippen LogP) is 1.35. The van der Waals surface area contributed by atoms with Gasteiger partial charge in [0, 0.05) is 13.6 Å². The molecule has 4 nitrogen and oxygen atoms in total. The molecule has 0 unspecified atom stereocenters. The summed E-state index contributed by atoms with van der Waals surface area (Å²) in [5.74, 6) is 0. The molecule has 0 spiro atoms. The Morgan fingerprint density at radius 1 is 1.25 bits per heavy atom. The highest BCUT2D eigenvalue weighted by atomic mass is 32.2. The minimum Gasteiger partial charge on any atom is -0.389 e. The average Bonchev–Trinajstić information content (AvgIpc) is 2.49. The molecule has 1 aliphatic rings. The van der Waals surface area contributed by atoms with Crippen molar-refractivity contribution in [3.8, 4) is 0 Å². The van der Waals surface area contributed by atoms with Gasteiger partial charge in [-0.05, 0) is 33.6 Å². The molecule has 0 radical (unpaired) electrons. The van der Waals surface area contributed by atoms with Crippen molar-refractivity contribution in [3.63, 3.8) is 0 Å². The highest BCUT2D eigenvalue weighted by molar-refractivity contribution is 7.90. The fourth-order valence-electron chi connectivity index (χ4n) is 2.16. The van der Waals surface area contributed by atoms with E-state index >= 15 is 0 Å². The van der Waals surface area contributed by atoms with Crippen molar-refractivity contribution < 1.29 is 13.5 Å². The standard InChI is InChI=1S/C11H23NO3S/c1-10(2,3)16(14,15)12(4)9-11(13)7-5-6-8-11/h13H,5-9H2,1-4H3. The molecule has 1 fully saturated rings. The SMILES string of the molecule is CN(CC1(O)CCCC1)S(=O)(=O)C(C)(C)C. The van der Waals surface area contributed by atoms with E-state index < -0.39 is 20.4 Å². The zero-order valence-corrected chi connectivity index (χ0v) is 11.5. The van der Waals surface area contributed by atoms with E-state index in [9.17, 15) is 13.5 Å². The van der Waals surface area contributed by atoms with Crippen LogP contribution in [-0.4, -0.2) is 41.8 Å². The molecule has 0 heterocycles. The topological polar surface area (TPSA) is 57.6 Å². The molecule has 0 aliphatic heterocycles. The summed E-state index contributed by atoms with van der Waals surface area (Å²) < 4.78 is 24.7. The summed E-state index contributed by atoms with van der Waals surface area (Å²) in [5.41, 5.74) is -0.812. The van der Waals surface area contributed by atoms with E-state index in [0.29, 0.717) is 12.8 Å². The number of hydrogen-bond acceptors (Lipinski definition) is 3. The highest BCUT2D eigenvalue weighted by Gasteiger charge is 2.39. The van der Waals surface area contributed by atoms with Crippen LogP contribution in [0.15, 0.2) is 0 Å². The molecule has 0 amide bonds. The lowest BCUT2D eigenvalue weighted by Gasteiger charge is -2.32. The van der Waals surface area contributed by atoms with Gasteiger partial charge in [-0.15, -0.1) is 0 Å². The maximum absolute atomic E-state index is 12.1. The predicted molar refractivity (Wildman–Crippen MR) is 64.7 cm³/mol. The van der Waals surface area contributed by atoms with Crippen molar-refractivity contribution in [3.05, 3.63) is 0 Å². The van der Waals surface area contributed by atoms with Gasteiger partial charge in [-0.2, -0.15) is 0 Å². The van der Waals surface area contributed by atoms with E-state index in [1.54, 1.807) is 27.8 Å². The molecule has 5 heteroatoms. The van der Waals surface area contributed by atoms with Crippen LogP contribution in [0.3, 0.4) is 0 Å². The molecule has 0 aromatic heterocycles. The van der Waals surface area contributed by atoms with Gasteiger partial charge in [-0.3, -0.25) is 0 Å². The van der Waals surface area contributed by atoms with Gasteiger partial charge < -0.3 is 5.11 Å².